The van der Waals surface area contributed by atoms with E-state index in [4.69, 9.17) is 0 Å². The van der Waals surface area contributed by atoms with Gasteiger partial charge < -0.3 is 4.90 Å². The Kier molecular flexibility index (Phi) is 3.65. The largest absolute Gasteiger partial charge is 0.321 e. The summed E-state index contributed by atoms with van der Waals surface area (Å²) in [6, 6.07) is 17.4. The maximum Gasteiger partial charge on any atom is 0.252 e. The molecule has 3 aliphatic rings. The second-order valence-corrected chi connectivity index (χ2v) is 8.40. The van der Waals surface area contributed by atoms with Gasteiger partial charge in [-0.2, -0.15) is 5.26 Å². The number of allylic oxidation sites excluding steroid dienone is 1. The Morgan fingerprint density at radius 1 is 1.04 bits per heavy atom. The lowest BCUT2D eigenvalue weighted by atomic mass is 9.75. The molecule has 0 N–H and O–H groups in total. The molecule has 1 fully saturated rings. The van der Waals surface area contributed by atoms with Crippen molar-refractivity contribution in [1.82, 2.24) is 4.90 Å². The lowest BCUT2D eigenvalue weighted by Crippen LogP contribution is -2.47. The van der Waals surface area contributed by atoms with Gasteiger partial charge in [0.15, 0.2) is 0 Å². The first-order valence-electron chi connectivity index (χ1n) is 9.11. The van der Waals surface area contributed by atoms with Crippen LogP contribution in [0, 0.1) is 24.2 Å². The number of nitrogens with zero attached hydrogens (tertiary/aromatic N) is 3. The minimum absolute atomic E-state index is 0.209. The Bertz CT molecular complexity index is 1100. The van der Waals surface area contributed by atoms with E-state index in [9.17, 15) is 14.9 Å². The maximum absolute atomic E-state index is 13.1. The molecule has 3 aliphatic heterocycles. The molecule has 3 atom stereocenters. The predicted molar refractivity (Wildman–Crippen MR) is 106 cm³/mol. The van der Waals surface area contributed by atoms with Crippen molar-refractivity contribution in [3.63, 3.8) is 0 Å². The maximum atomic E-state index is 13.1. The summed E-state index contributed by atoms with van der Waals surface area (Å²) in [6.07, 6.45) is 0. The highest BCUT2D eigenvalue weighted by atomic mass is 32.2. The number of hydrogen-bond acceptors (Lipinski definition) is 5. The highest BCUT2D eigenvalue weighted by Crippen LogP contribution is 2.57. The second-order valence-electron chi connectivity index (χ2n) is 7.36. The lowest BCUT2D eigenvalue weighted by Gasteiger charge is -2.38. The van der Waals surface area contributed by atoms with Crippen molar-refractivity contribution in [2.45, 2.75) is 23.8 Å². The van der Waals surface area contributed by atoms with Gasteiger partial charge in [0, 0.05) is 17.9 Å². The minimum Gasteiger partial charge on any atom is -0.321 e. The highest BCUT2D eigenvalue weighted by Gasteiger charge is 2.59. The number of likely N-dealkylation sites (N-methyl/N-ethyl adjacent to an activating group) is 1. The van der Waals surface area contributed by atoms with Crippen LogP contribution in [-0.2, 0) is 9.59 Å². The molecule has 138 valence electrons. The molecule has 2 aromatic carbocycles. The lowest BCUT2D eigenvalue weighted by molar-refractivity contribution is -0.137. The van der Waals surface area contributed by atoms with Crippen LogP contribution in [0.5, 0.6) is 0 Å². The summed E-state index contributed by atoms with van der Waals surface area (Å²) in [6.45, 7) is 2.00. The molecule has 0 aromatic heterocycles. The van der Waals surface area contributed by atoms with E-state index in [1.165, 1.54) is 23.7 Å². The summed E-state index contributed by atoms with van der Waals surface area (Å²) in [4.78, 5) is 30.3. The van der Waals surface area contributed by atoms with Crippen LogP contribution in [0.3, 0.4) is 0 Å². The van der Waals surface area contributed by atoms with Gasteiger partial charge in [0.05, 0.1) is 28.3 Å². The van der Waals surface area contributed by atoms with E-state index in [0.29, 0.717) is 5.57 Å². The molecule has 0 radical (unpaired) electrons. The third-order valence-corrected chi connectivity index (χ3v) is 7.00. The first-order valence-corrected chi connectivity index (χ1v) is 9.93. The third kappa shape index (κ3) is 2.14. The van der Waals surface area contributed by atoms with Crippen LogP contribution >= 0.6 is 11.8 Å². The van der Waals surface area contributed by atoms with E-state index in [0.717, 1.165) is 26.7 Å². The number of hydrogen-bond donors (Lipinski definition) is 0. The molecule has 3 heterocycles. The number of carbonyl (C=O) groups is 2. The van der Waals surface area contributed by atoms with Crippen molar-refractivity contribution in [2.75, 3.05) is 11.9 Å². The van der Waals surface area contributed by atoms with E-state index in [1.807, 2.05) is 60.4 Å². The van der Waals surface area contributed by atoms with E-state index < -0.39 is 17.9 Å². The zero-order valence-corrected chi connectivity index (χ0v) is 16.2. The normalized spacial score (nSPS) is 25.5. The van der Waals surface area contributed by atoms with Gasteiger partial charge in [0.25, 0.3) is 5.91 Å². The van der Waals surface area contributed by atoms with Crippen LogP contribution in [0.2, 0.25) is 0 Å². The summed E-state index contributed by atoms with van der Waals surface area (Å²) in [5.41, 5.74) is 3.46. The monoisotopic (exact) mass is 387 g/mol. The number of carbonyl (C=O) groups excluding carboxylic acids is 2. The number of para-hydroxylation sites is 1. The average molecular weight is 387 g/mol. The van der Waals surface area contributed by atoms with E-state index in [-0.39, 0.29) is 11.8 Å². The number of amides is 2. The van der Waals surface area contributed by atoms with Crippen LogP contribution in [-0.4, -0.2) is 29.8 Å². The van der Waals surface area contributed by atoms with Crippen molar-refractivity contribution in [1.29, 1.82) is 5.26 Å². The van der Waals surface area contributed by atoms with Gasteiger partial charge in [0.2, 0.25) is 5.91 Å². The van der Waals surface area contributed by atoms with Crippen LogP contribution in [0.1, 0.15) is 17.0 Å². The SMILES string of the molecule is Cc1ccc([C@H]2C(C#N)=C3Sc4ccccc4N3[C@H]3C(=O)N(C)C(=O)[C@@H]23)cc1. The second kappa shape index (κ2) is 5.98. The minimum atomic E-state index is -0.618. The van der Waals surface area contributed by atoms with Crippen LogP contribution in [0.15, 0.2) is 64.0 Å². The Morgan fingerprint density at radius 3 is 2.46 bits per heavy atom. The van der Waals surface area contributed by atoms with Crippen molar-refractivity contribution < 1.29 is 9.59 Å². The molecule has 28 heavy (non-hydrogen) atoms. The van der Waals surface area contributed by atoms with E-state index >= 15 is 0 Å². The summed E-state index contributed by atoms with van der Waals surface area (Å²) in [7, 11) is 1.54. The van der Waals surface area contributed by atoms with E-state index in [1.54, 1.807) is 0 Å². The predicted octanol–water partition coefficient (Wildman–Crippen LogP) is 3.42. The molecule has 0 spiro atoms. The summed E-state index contributed by atoms with van der Waals surface area (Å²) >= 11 is 1.51. The number of rotatable bonds is 1. The average Bonchev–Trinajstić information content (AvgIpc) is 3.19. The molecule has 0 saturated carbocycles. The van der Waals surface area contributed by atoms with Gasteiger partial charge in [-0.3, -0.25) is 14.5 Å². The number of aryl methyl sites for hydroxylation is 1. The third-order valence-electron chi connectivity index (χ3n) is 5.83. The summed E-state index contributed by atoms with van der Waals surface area (Å²) < 4.78 is 0. The Hall–Kier alpha value is -3.04. The molecule has 2 aromatic rings. The fraction of sp³-hybridized carbons (Fsp3) is 0.227. The first kappa shape index (κ1) is 17.1. The number of benzene rings is 2. The zero-order chi connectivity index (χ0) is 19.6. The van der Waals surface area contributed by atoms with Crippen LogP contribution in [0.4, 0.5) is 5.69 Å². The molecule has 0 aliphatic carbocycles. The smallest absolute Gasteiger partial charge is 0.252 e. The summed E-state index contributed by atoms with van der Waals surface area (Å²) in [5, 5.41) is 10.9. The van der Waals surface area contributed by atoms with Gasteiger partial charge in [0.1, 0.15) is 6.04 Å². The molecule has 6 heteroatoms. The quantitative estimate of drug-likeness (QED) is 0.702. The molecule has 5 nitrogen and oxygen atoms in total. The van der Waals surface area contributed by atoms with Gasteiger partial charge in [-0.1, -0.05) is 53.7 Å². The number of likely N-dealkylation sites (tertiary alicyclic amines) is 1. The van der Waals surface area contributed by atoms with Crippen molar-refractivity contribution >= 4 is 29.3 Å². The topological polar surface area (TPSA) is 64.4 Å². The molecule has 2 amide bonds. The molecule has 0 bridgehead atoms. The standard InChI is InChI=1S/C22H17N3O2S/c1-12-7-9-13(10-8-12)17-14(11-23)22-25(15-5-3-4-6-16(15)28-22)19-18(17)20(26)24(2)21(19)27/h3-10,17-19H,1-2H3/t17-,18-,19+/m0/s1. The van der Waals surface area contributed by atoms with Gasteiger partial charge >= 0.3 is 0 Å². The Balaban J connectivity index is 1.78. The van der Waals surface area contributed by atoms with E-state index in [2.05, 4.69) is 6.07 Å². The Morgan fingerprint density at radius 2 is 1.75 bits per heavy atom. The van der Waals surface area contributed by atoms with Crippen molar-refractivity contribution in [3.05, 3.63) is 70.3 Å². The number of imide groups is 1. The Labute approximate surface area is 167 Å². The summed E-state index contributed by atoms with van der Waals surface area (Å²) in [5.74, 6) is -1.46. The fourth-order valence-electron chi connectivity index (χ4n) is 4.46. The number of anilines is 1. The van der Waals surface area contributed by atoms with Crippen molar-refractivity contribution in [2.24, 2.45) is 5.92 Å². The molecular formula is C22H17N3O2S. The van der Waals surface area contributed by atoms with Crippen LogP contribution < -0.4 is 4.90 Å². The van der Waals surface area contributed by atoms with Crippen molar-refractivity contribution in [3.8, 4) is 6.07 Å². The zero-order valence-electron chi connectivity index (χ0n) is 15.4. The molecule has 0 unspecified atom stereocenters. The number of nitriles is 1. The number of fused-ring (bicyclic) bond motifs is 5. The van der Waals surface area contributed by atoms with Gasteiger partial charge in [-0.25, -0.2) is 0 Å². The first-order chi connectivity index (χ1) is 13.5. The van der Waals surface area contributed by atoms with Gasteiger partial charge in [-0.05, 0) is 24.6 Å². The molecular weight excluding hydrogens is 370 g/mol. The fourth-order valence-corrected chi connectivity index (χ4v) is 5.68. The molecule has 5 rings (SSSR count). The van der Waals surface area contributed by atoms with Gasteiger partial charge in [-0.15, -0.1) is 0 Å². The number of thioether (sulfide) groups is 1. The van der Waals surface area contributed by atoms with Crippen LogP contribution in [0.25, 0.3) is 0 Å². The molecule has 1 saturated heterocycles. The highest BCUT2D eigenvalue weighted by molar-refractivity contribution is 8.03.